The lowest BCUT2D eigenvalue weighted by Gasteiger charge is -2.14. The molecule has 0 aliphatic heterocycles. The van der Waals surface area contributed by atoms with Crippen molar-refractivity contribution in [3.63, 3.8) is 0 Å². The van der Waals surface area contributed by atoms with Crippen LogP contribution in [0.15, 0.2) is 40.9 Å². The van der Waals surface area contributed by atoms with Gasteiger partial charge in [0.05, 0.1) is 4.83 Å². The molecular formula is C13H7Br2F2I. The van der Waals surface area contributed by atoms with Gasteiger partial charge in [0.25, 0.3) is 0 Å². The van der Waals surface area contributed by atoms with Gasteiger partial charge < -0.3 is 0 Å². The van der Waals surface area contributed by atoms with E-state index >= 15 is 0 Å². The largest absolute Gasteiger partial charge is 0.207 e. The molecule has 5 heteroatoms. The van der Waals surface area contributed by atoms with Gasteiger partial charge in [-0.2, -0.15) is 0 Å². The summed E-state index contributed by atoms with van der Waals surface area (Å²) in [6, 6.07) is 9.42. The Bertz CT molecular complexity index is 587. The second-order valence-electron chi connectivity index (χ2n) is 3.69. The lowest BCUT2D eigenvalue weighted by molar-refractivity contribution is 0.574. The monoisotopic (exact) mass is 486 g/mol. The molecule has 1 unspecified atom stereocenters. The topological polar surface area (TPSA) is 0 Å². The third-order valence-corrected chi connectivity index (χ3v) is 4.85. The van der Waals surface area contributed by atoms with Crippen LogP contribution in [0.4, 0.5) is 8.78 Å². The third-order valence-electron chi connectivity index (χ3n) is 2.47. The number of rotatable bonds is 2. The molecule has 1 atom stereocenters. The van der Waals surface area contributed by atoms with Crippen LogP contribution in [0.3, 0.4) is 0 Å². The van der Waals surface area contributed by atoms with Gasteiger partial charge in [0, 0.05) is 19.7 Å². The lowest BCUT2D eigenvalue weighted by Crippen LogP contribution is -1.98. The number of benzene rings is 2. The summed E-state index contributed by atoms with van der Waals surface area (Å²) in [5.74, 6) is -1.12. The van der Waals surface area contributed by atoms with Crippen LogP contribution >= 0.6 is 54.5 Å². The molecule has 0 nitrogen and oxygen atoms in total. The minimum Gasteiger partial charge on any atom is -0.207 e. The van der Waals surface area contributed by atoms with Crippen LogP contribution in [0, 0.1) is 15.2 Å². The molecule has 0 aliphatic rings. The first-order chi connectivity index (χ1) is 8.49. The molecule has 0 heterocycles. The molecule has 0 saturated carbocycles. The van der Waals surface area contributed by atoms with Gasteiger partial charge in [0.15, 0.2) is 0 Å². The first-order valence-corrected chi connectivity index (χ1v) is 7.81. The zero-order valence-corrected chi connectivity index (χ0v) is 14.3. The van der Waals surface area contributed by atoms with E-state index in [0.717, 1.165) is 19.7 Å². The zero-order chi connectivity index (χ0) is 13.3. The molecule has 2 rings (SSSR count). The lowest BCUT2D eigenvalue weighted by atomic mass is 10.0. The highest BCUT2D eigenvalue weighted by atomic mass is 127. The normalized spacial score (nSPS) is 12.5. The van der Waals surface area contributed by atoms with Crippen molar-refractivity contribution in [2.75, 3.05) is 0 Å². The number of halogens is 5. The van der Waals surface area contributed by atoms with Gasteiger partial charge in [-0.15, -0.1) is 0 Å². The Morgan fingerprint density at radius 2 is 1.72 bits per heavy atom. The summed E-state index contributed by atoms with van der Waals surface area (Å²) in [4.78, 5) is -0.317. The van der Waals surface area contributed by atoms with E-state index in [1.54, 1.807) is 0 Å². The van der Waals surface area contributed by atoms with Crippen LogP contribution in [0.1, 0.15) is 16.0 Å². The third kappa shape index (κ3) is 3.11. The SMILES string of the molecule is Fc1ccc(C(Br)c2cc(I)ccc2Br)c(F)c1. The van der Waals surface area contributed by atoms with Crippen LogP contribution < -0.4 is 0 Å². The first kappa shape index (κ1) is 14.4. The van der Waals surface area contributed by atoms with Gasteiger partial charge in [-0.1, -0.05) is 37.9 Å². The van der Waals surface area contributed by atoms with E-state index in [1.165, 1.54) is 12.1 Å². The Morgan fingerprint density at radius 3 is 2.39 bits per heavy atom. The van der Waals surface area contributed by atoms with E-state index in [0.29, 0.717) is 5.56 Å². The molecule has 0 bridgehead atoms. The first-order valence-electron chi connectivity index (χ1n) is 5.03. The van der Waals surface area contributed by atoms with E-state index in [9.17, 15) is 8.78 Å². The molecule has 0 spiro atoms. The zero-order valence-electron chi connectivity index (χ0n) is 8.93. The molecule has 18 heavy (non-hydrogen) atoms. The van der Waals surface area contributed by atoms with Gasteiger partial charge in [-0.25, -0.2) is 8.78 Å². The molecule has 2 aromatic rings. The quantitative estimate of drug-likeness (QED) is 0.370. The van der Waals surface area contributed by atoms with Crippen molar-refractivity contribution in [1.82, 2.24) is 0 Å². The molecule has 0 N–H and O–H groups in total. The molecule has 0 aliphatic carbocycles. The molecule has 2 aromatic carbocycles. The van der Waals surface area contributed by atoms with Crippen molar-refractivity contribution >= 4 is 54.5 Å². The molecular weight excluding hydrogens is 481 g/mol. The van der Waals surface area contributed by atoms with Crippen molar-refractivity contribution in [2.45, 2.75) is 4.83 Å². The summed E-state index contributed by atoms with van der Waals surface area (Å²) < 4.78 is 28.6. The fourth-order valence-corrected chi connectivity index (χ4v) is 3.63. The van der Waals surface area contributed by atoms with Crippen LogP contribution in [0.5, 0.6) is 0 Å². The summed E-state index contributed by atoms with van der Waals surface area (Å²) >= 11 is 9.09. The Labute approximate surface area is 134 Å². The minimum atomic E-state index is -0.572. The molecule has 94 valence electrons. The number of hydrogen-bond donors (Lipinski definition) is 0. The van der Waals surface area contributed by atoms with Gasteiger partial charge in [-0.05, 0) is 52.4 Å². The second-order valence-corrected chi connectivity index (χ2v) is 6.71. The summed E-state index contributed by atoms with van der Waals surface area (Å²) in [6.45, 7) is 0. The predicted molar refractivity (Wildman–Crippen MR) is 84.0 cm³/mol. The summed E-state index contributed by atoms with van der Waals surface area (Å²) in [5.41, 5.74) is 1.33. The average molecular weight is 488 g/mol. The summed E-state index contributed by atoms with van der Waals surface area (Å²) in [6.07, 6.45) is 0. The standard InChI is InChI=1S/C13H7Br2F2I/c14-11-4-2-8(18)6-10(11)13(15)9-3-1-7(16)5-12(9)17/h1-6,13H. The van der Waals surface area contributed by atoms with E-state index in [1.807, 2.05) is 18.2 Å². The van der Waals surface area contributed by atoms with Crippen molar-refractivity contribution in [3.05, 3.63) is 67.2 Å². The minimum absolute atomic E-state index is 0.317. The van der Waals surface area contributed by atoms with E-state index in [4.69, 9.17) is 0 Å². The predicted octanol–water partition coefficient (Wildman–Crippen LogP) is 5.82. The van der Waals surface area contributed by atoms with Crippen molar-refractivity contribution in [2.24, 2.45) is 0 Å². The van der Waals surface area contributed by atoms with Crippen LogP contribution in [0.2, 0.25) is 0 Å². The van der Waals surface area contributed by atoms with Crippen LogP contribution in [0.25, 0.3) is 0 Å². The fourth-order valence-electron chi connectivity index (χ4n) is 1.58. The molecule has 0 radical (unpaired) electrons. The number of alkyl halides is 1. The fraction of sp³-hybridized carbons (Fsp3) is 0.0769. The van der Waals surface area contributed by atoms with Crippen LogP contribution in [-0.2, 0) is 0 Å². The Kier molecular flexibility index (Phi) is 4.77. The second kappa shape index (κ2) is 5.96. The van der Waals surface area contributed by atoms with Gasteiger partial charge in [0.1, 0.15) is 11.6 Å². The highest BCUT2D eigenvalue weighted by Gasteiger charge is 2.18. The summed E-state index contributed by atoms with van der Waals surface area (Å²) in [5, 5.41) is 0. The maximum absolute atomic E-state index is 13.7. The average Bonchev–Trinajstić information content (AvgIpc) is 2.31. The maximum atomic E-state index is 13.7. The highest BCUT2D eigenvalue weighted by Crippen LogP contribution is 2.37. The van der Waals surface area contributed by atoms with Gasteiger partial charge >= 0.3 is 0 Å². The van der Waals surface area contributed by atoms with E-state index < -0.39 is 11.6 Å². The molecule has 0 amide bonds. The van der Waals surface area contributed by atoms with E-state index in [-0.39, 0.29) is 4.83 Å². The maximum Gasteiger partial charge on any atom is 0.130 e. The smallest absolute Gasteiger partial charge is 0.130 e. The van der Waals surface area contributed by atoms with Crippen molar-refractivity contribution < 1.29 is 8.78 Å². The Balaban J connectivity index is 2.47. The highest BCUT2D eigenvalue weighted by molar-refractivity contribution is 14.1. The Morgan fingerprint density at radius 1 is 1.00 bits per heavy atom. The van der Waals surface area contributed by atoms with Crippen molar-refractivity contribution in [1.29, 1.82) is 0 Å². The number of hydrogen-bond acceptors (Lipinski definition) is 0. The van der Waals surface area contributed by atoms with Gasteiger partial charge in [-0.3, -0.25) is 0 Å². The molecule has 0 aromatic heterocycles. The van der Waals surface area contributed by atoms with E-state index in [2.05, 4.69) is 54.5 Å². The van der Waals surface area contributed by atoms with Gasteiger partial charge in [0.2, 0.25) is 0 Å². The van der Waals surface area contributed by atoms with Crippen molar-refractivity contribution in [3.8, 4) is 0 Å². The molecule has 0 fully saturated rings. The Hall–Kier alpha value is -0.0100. The summed E-state index contributed by atoms with van der Waals surface area (Å²) in [7, 11) is 0. The van der Waals surface area contributed by atoms with Crippen LogP contribution in [-0.4, -0.2) is 0 Å². The molecule has 0 saturated heterocycles.